The lowest BCUT2D eigenvalue weighted by Gasteiger charge is -2.15. The molecule has 0 saturated carbocycles. The Hall–Kier alpha value is -1.01. The molecule has 0 unspecified atom stereocenters. The first-order chi connectivity index (χ1) is 7.63. The van der Waals surface area contributed by atoms with Crippen molar-refractivity contribution >= 4 is 17.2 Å². The normalized spacial score (nSPS) is 10.9. The van der Waals surface area contributed by atoms with E-state index in [9.17, 15) is 0 Å². The second-order valence-electron chi connectivity index (χ2n) is 3.85. The third-order valence-electron chi connectivity index (χ3n) is 2.28. The molecule has 1 aromatic rings. The largest absolute Gasteiger partial charge is 0.393 e. The Morgan fingerprint density at radius 1 is 1.62 bits per heavy atom. The van der Waals surface area contributed by atoms with E-state index in [1.165, 1.54) is 0 Å². The first-order valence-electron chi connectivity index (χ1n) is 5.47. The van der Waals surface area contributed by atoms with E-state index in [0.29, 0.717) is 4.99 Å². The molecule has 6 heteroatoms. The summed E-state index contributed by atoms with van der Waals surface area (Å²) in [5, 5.41) is 4.18. The standard InChI is InChI=1S/C10H19N5S/c1-3-5-15-10(12-8-13-15)7-14(2)6-4-9(11)16/h8H,3-7H2,1-2H3,(H2,11,16). The van der Waals surface area contributed by atoms with Crippen molar-refractivity contribution in [3.63, 3.8) is 0 Å². The maximum atomic E-state index is 5.46. The zero-order chi connectivity index (χ0) is 12.0. The number of hydrogen-bond donors (Lipinski definition) is 1. The summed E-state index contributed by atoms with van der Waals surface area (Å²) >= 11 is 4.85. The summed E-state index contributed by atoms with van der Waals surface area (Å²) in [4.78, 5) is 6.95. The Kier molecular flexibility index (Phi) is 5.34. The quantitative estimate of drug-likeness (QED) is 0.715. The van der Waals surface area contributed by atoms with Crippen LogP contribution in [0, 0.1) is 0 Å². The SMILES string of the molecule is CCCn1ncnc1CN(C)CCC(N)=S. The molecule has 1 rings (SSSR count). The van der Waals surface area contributed by atoms with Gasteiger partial charge in [-0.05, 0) is 13.5 Å². The highest BCUT2D eigenvalue weighted by Crippen LogP contribution is 2.01. The van der Waals surface area contributed by atoms with Crippen molar-refractivity contribution in [3.8, 4) is 0 Å². The molecule has 90 valence electrons. The van der Waals surface area contributed by atoms with Gasteiger partial charge in [-0.25, -0.2) is 9.67 Å². The molecule has 0 amide bonds. The molecule has 0 bridgehead atoms. The van der Waals surface area contributed by atoms with Gasteiger partial charge < -0.3 is 5.73 Å². The fourth-order valence-corrected chi connectivity index (χ4v) is 1.52. The summed E-state index contributed by atoms with van der Waals surface area (Å²) in [5.74, 6) is 0.993. The van der Waals surface area contributed by atoms with E-state index in [1.807, 2.05) is 11.7 Å². The molecule has 2 N–H and O–H groups in total. The number of hydrogen-bond acceptors (Lipinski definition) is 4. The van der Waals surface area contributed by atoms with Crippen molar-refractivity contribution in [2.75, 3.05) is 13.6 Å². The zero-order valence-electron chi connectivity index (χ0n) is 9.89. The zero-order valence-corrected chi connectivity index (χ0v) is 10.7. The van der Waals surface area contributed by atoms with Crippen LogP contribution in [0.4, 0.5) is 0 Å². The summed E-state index contributed by atoms with van der Waals surface area (Å²) < 4.78 is 1.94. The van der Waals surface area contributed by atoms with E-state index in [-0.39, 0.29) is 0 Å². The van der Waals surface area contributed by atoms with Crippen molar-refractivity contribution in [1.29, 1.82) is 0 Å². The molecule has 0 radical (unpaired) electrons. The third kappa shape index (κ3) is 4.24. The van der Waals surface area contributed by atoms with Gasteiger partial charge in [-0.15, -0.1) is 0 Å². The first-order valence-corrected chi connectivity index (χ1v) is 5.87. The minimum atomic E-state index is 0.557. The average molecular weight is 241 g/mol. The van der Waals surface area contributed by atoms with Crippen molar-refractivity contribution in [1.82, 2.24) is 19.7 Å². The predicted molar refractivity (Wildman–Crippen MR) is 68.0 cm³/mol. The minimum absolute atomic E-state index is 0.557. The Morgan fingerprint density at radius 2 is 2.38 bits per heavy atom. The van der Waals surface area contributed by atoms with Crippen molar-refractivity contribution < 1.29 is 0 Å². The van der Waals surface area contributed by atoms with Crippen LogP contribution < -0.4 is 5.73 Å². The number of nitrogens with two attached hydrogens (primary N) is 1. The van der Waals surface area contributed by atoms with Crippen LogP contribution in [0.2, 0.25) is 0 Å². The number of rotatable bonds is 7. The van der Waals surface area contributed by atoms with Gasteiger partial charge >= 0.3 is 0 Å². The Balaban J connectivity index is 2.45. The van der Waals surface area contributed by atoms with Crippen LogP contribution in [0.3, 0.4) is 0 Å². The second-order valence-corrected chi connectivity index (χ2v) is 4.38. The molecular formula is C10H19N5S. The van der Waals surface area contributed by atoms with Crippen molar-refractivity contribution in [2.24, 2.45) is 5.73 Å². The number of nitrogens with zero attached hydrogens (tertiary/aromatic N) is 4. The van der Waals surface area contributed by atoms with Gasteiger partial charge in [-0.2, -0.15) is 5.10 Å². The van der Waals surface area contributed by atoms with Crippen LogP contribution in [0.25, 0.3) is 0 Å². The van der Waals surface area contributed by atoms with E-state index >= 15 is 0 Å². The van der Waals surface area contributed by atoms with Crippen LogP contribution in [-0.4, -0.2) is 38.2 Å². The lowest BCUT2D eigenvalue weighted by molar-refractivity contribution is 0.318. The summed E-state index contributed by atoms with van der Waals surface area (Å²) in [5.41, 5.74) is 5.46. The summed E-state index contributed by atoms with van der Waals surface area (Å²) in [6.07, 6.45) is 3.41. The lowest BCUT2D eigenvalue weighted by Crippen LogP contribution is -2.25. The van der Waals surface area contributed by atoms with Gasteiger partial charge in [0.2, 0.25) is 0 Å². The molecule has 0 aromatic carbocycles. The van der Waals surface area contributed by atoms with Crippen molar-refractivity contribution in [2.45, 2.75) is 32.9 Å². The Bertz CT molecular complexity index is 336. The second kappa shape index (κ2) is 6.55. The number of aryl methyl sites for hydroxylation is 1. The van der Waals surface area contributed by atoms with E-state index < -0.39 is 0 Å². The molecule has 0 atom stereocenters. The van der Waals surface area contributed by atoms with Gasteiger partial charge in [0.1, 0.15) is 12.2 Å². The molecule has 0 aliphatic heterocycles. The summed E-state index contributed by atoms with van der Waals surface area (Å²) in [7, 11) is 2.03. The van der Waals surface area contributed by atoms with E-state index in [0.717, 1.165) is 38.3 Å². The third-order valence-corrected chi connectivity index (χ3v) is 2.49. The lowest BCUT2D eigenvalue weighted by atomic mass is 10.4. The fraction of sp³-hybridized carbons (Fsp3) is 0.700. The van der Waals surface area contributed by atoms with Gasteiger partial charge in [-0.1, -0.05) is 19.1 Å². The van der Waals surface area contributed by atoms with Gasteiger partial charge in [0, 0.05) is 19.5 Å². The van der Waals surface area contributed by atoms with Crippen molar-refractivity contribution in [3.05, 3.63) is 12.2 Å². The van der Waals surface area contributed by atoms with Crippen LogP contribution in [0.1, 0.15) is 25.6 Å². The summed E-state index contributed by atoms with van der Waals surface area (Å²) in [6.45, 7) is 4.68. The van der Waals surface area contributed by atoms with Crippen LogP contribution in [0.15, 0.2) is 6.33 Å². The maximum absolute atomic E-state index is 5.46. The van der Waals surface area contributed by atoms with Crippen LogP contribution >= 0.6 is 12.2 Å². The number of thiocarbonyl (C=S) groups is 1. The van der Waals surface area contributed by atoms with Gasteiger partial charge in [-0.3, -0.25) is 4.90 Å². The molecule has 1 aromatic heterocycles. The van der Waals surface area contributed by atoms with E-state index in [4.69, 9.17) is 18.0 Å². The van der Waals surface area contributed by atoms with E-state index in [2.05, 4.69) is 21.9 Å². The van der Waals surface area contributed by atoms with Gasteiger partial charge in [0.15, 0.2) is 0 Å². The maximum Gasteiger partial charge on any atom is 0.140 e. The minimum Gasteiger partial charge on any atom is -0.393 e. The molecule has 0 fully saturated rings. The highest BCUT2D eigenvalue weighted by Gasteiger charge is 2.07. The Labute approximate surface area is 102 Å². The molecule has 0 aliphatic rings. The monoisotopic (exact) mass is 241 g/mol. The predicted octanol–water partition coefficient (Wildman–Crippen LogP) is 0.796. The fourth-order valence-electron chi connectivity index (χ4n) is 1.43. The highest BCUT2D eigenvalue weighted by atomic mass is 32.1. The smallest absolute Gasteiger partial charge is 0.140 e. The molecular weight excluding hydrogens is 222 g/mol. The molecule has 16 heavy (non-hydrogen) atoms. The molecule has 5 nitrogen and oxygen atoms in total. The summed E-state index contributed by atoms with van der Waals surface area (Å²) in [6, 6.07) is 0. The van der Waals surface area contributed by atoms with Gasteiger partial charge in [0.25, 0.3) is 0 Å². The first kappa shape index (κ1) is 13.1. The Morgan fingerprint density at radius 3 is 3.00 bits per heavy atom. The molecule has 0 saturated heterocycles. The number of aromatic nitrogens is 3. The topological polar surface area (TPSA) is 60.0 Å². The molecule has 1 heterocycles. The average Bonchev–Trinajstić information content (AvgIpc) is 2.63. The highest BCUT2D eigenvalue weighted by molar-refractivity contribution is 7.80. The molecule has 0 aliphatic carbocycles. The van der Waals surface area contributed by atoms with Crippen LogP contribution in [-0.2, 0) is 13.1 Å². The van der Waals surface area contributed by atoms with Crippen LogP contribution in [0.5, 0.6) is 0 Å². The van der Waals surface area contributed by atoms with Gasteiger partial charge in [0.05, 0.1) is 11.5 Å². The van der Waals surface area contributed by atoms with E-state index in [1.54, 1.807) is 6.33 Å². The molecule has 0 spiro atoms.